The third-order valence-electron chi connectivity index (χ3n) is 2.99. The van der Waals surface area contributed by atoms with Crippen molar-refractivity contribution in [3.63, 3.8) is 0 Å². The largest absolute Gasteiger partial charge is 0.370 e. The van der Waals surface area contributed by atoms with Crippen LogP contribution in [0.3, 0.4) is 0 Å². The van der Waals surface area contributed by atoms with Crippen LogP contribution in [0, 0.1) is 0 Å². The molecule has 0 fully saturated rings. The molecule has 0 spiro atoms. The van der Waals surface area contributed by atoms with Gasteiger partial charge in [0.05, 0.1) is 0 Å². The van der Waals surface area contributed by atoms with Gasteiger partial charge in [-0.3, -0.25) is 0 Å². The van der Waals surface area contributed by atoms with E-state index in [-0.39, 0.29) is 6.04 Å². The van der Waals surface area contributed by atoms with Crippen LogP contribution in [0.25, 0.3) is 0 Å². The molecule has 0 aliphatic rings. The molecule has 1 atom stereocenters. The van der Waals surface area contributed by atoms with Gasteiger partial charge < -0.3 is 10.6 Å². The molecule has 1 heterocycles. The normalized spacial score (nSPS) is 12.4. The molecule has 102 valence electrons. The molecule has 0 bridgehead atoms. The number of anilines is 1. The van der Waals surface area contributed by atoms with Gasteiger partial charge in [0.1, 0.15) is 0 Å². The molecule has 2 aromatic rings. The summed E-state index contributed by atoms with van der Waals surface area (Å²) in [6.07, 6.45) is 0.837. The zero-order chi connectivity index (χ0) is 13.8. The summed E-state index contributed by atoms with van der Waals surface area (Å²) in [7, 11) is 2.10. The minimum atomic E-state index is 0.131. The second kappa shape index (κ2) is 6.42. The van der Waals surface area contributed by atoms with Crippen LogP contribution in [-0.2, 0) is 13.0 Å². The van der Waals surface area contributed by atoms with Gasteiger partial charge in [-0.25, -0.2) is 0 Å². The fraction of sp³-hybridized carbons (Fsp3) is 0.333. The average molecular weight is 295 g/mol. The number of rotatable bonds is 5. The van der Waals surface area contributed by atoms with Crippen molar-refractivity contribution in [3.05, 3.63) is 51.2 Å². The SMILES string of the molecule is CC(N)Cc1cc(Cl)ccc1N(C)Cc1ccsc1. The van der Waals surface area contributed by atoms with Crippen molar-refractivity contribution < 1.29 is 0 Å². The summed E-state index contributed by atoms with van der Waals surface area (Å²) in [5, 5.41) is 5.05. The highest BCUT2D eigenvalue weighted by Crippen LogP contribution is 2.26. The molecule has 19 heavy (non-hydrogen) atoms. The van der Waals surface area contributed by atoms with Gasteiger partial charge in [-0.1, -0.05) is 11.6 Å². The number of nitrogens with zero attached hydrogens (tertiary/aromatic N) is 1. The Bertz CT molecular complexity index is 523. The topological polar surface area (TPSA) is 29.3 Å². The molecular weight excluding hydrogens is 276 g/mol. The Morgan fingerprint density at radius 3 is 2.79 bits per heavy atom. The van der Waals surface area contributed by atoms with E-state index in [9.17, 15) is 0 Å². The monoisotopic (exact) mass is 294 g/mol. The zero-order valence-electron chi connectivity index (χ0n) is 11.3. The summed E-state index contributed by atoms with van der Waals surface area (Å²) < 4.78 is 0. The lowest BCUT2D eigenvalue weighted by Crippen LogP contribution is -2.22. The van der Waals surface area contributed by atoms with E-state index in [4.69, 9.17) is 17.3 Å². The maximum Gasteiger partial charge on any atom is 0.0434 e. The van der Waals surface area contributed by atoms with Crippen LogP contribution in [0.4, 0.5) is 5.69 Å². The fourth-order valence-corrected chi connectivity index (χ4v) is 3.03. The number of nitrogens with two attached hydrogens (primary N) is 1. The molecule has 0 saturated heterocycles. The third-order valence-corrected chi connectivity index (χ3v) is 3.96. The van der Waals surface area contributed by atoms with Gasteiger partial charge in [0.2, 0.25) is 0 Å². The van der Waals surface area contributed by atoms with Gasteiger partial charge in [-0.15, -0.1) is 0 Å². The van der Waals surface area contributed by atoms with E-state index in [1.54, 1.807) is 11.3 Å². The summed E-state index contributed by atoms with van der Waals surface area (Å²) in [6, 6.07) is 8.32. The predicted octanol–water partition coefficient (Wildman–Crippen LogP) is 3.93. The van der Waals surface area contributed by atoms with Crippen molar-refractivity contribution in [2.75, 3.05) is 11.9 Å². The molecule has 0 radical (unpaired) electrons. The molecule has 2 rings (SSSR count). The van der Waals surface area contributed by atoms with E-state index in [0.717, 1.165) is 18.0 Å². The van der Waals surface area contributed by atoms with Crippen LogP contribution in [0.5, 0.6) is 0 Å². The number of hydrogen-bond acceptors (Lipinski definition) is 3. The van der Waals surface area contributed by atoms with Crippen molar-refractivity contribution >= 4 is 28.6 Å². The first kappa shape index (κ1) is 14.4. The van der Waals surface area contributed by atoms with E-state index >= 15 is 0 Å². The quantitative estimate of drug-likeness (QED) is 0.905. The molecule has 2 N–H and O–H groups in total. The summed E-state index contributed by atoms with van der Waals surface area (Å²) in [6.45, 7) is 2.92. The molecule has 0 aliphatic carbocycles. The molecule has 0 amide bonds. The minimum Gasteiger partial charge on any atom is -0.370 e. The minimum absolute atomic E-state index is 0.131. The van der Waals surface area contributed by atoms with Crippen LogP contribution < -0.4 is 10.6 Å². The van der Waals surface area contributed by atoms with Gasteiger partial charge >= 0.3 is 0 Å². The van der Waals surface area contributed by atoms with Crippen LogP contribution >= 0.6 is 22.9 Å². The van der Waals surface area contributed by atoms with E-state index in [1.165, 1.54) is 16.8 Å². The van der Waals surface area contributed by atoms with E-state index < -0.39 is 0 Å². The predicted molar refractivity (Wildman–Crippen MR) is 85.2 cm³/mol. The first-order valence-electron chi connectivity index (χ1n) is 6.32. The summed E-state index contributed by atoms with van der Waals surface area (Å²) in [5.74, 6) is 0. The summed E-state index contributed by atoms with van der Waals surface area (Å²) >= 11 is 7.82. The highest BCUT2D eigenvalue weighted by atomic mass is 35.5. The molecule has 1 aromatic heterocycles. The maximum atomic E-state index is 6.09. The molecule has 1 aromatic carbocycles. The Morgan fingerprint density at radius 1 is 1.37 bits per heavy atom. The number of thiophene rings is 1. The average Bonchev–Trinajstić information content (AvgIpc) is 2.80. The number of hydrogen-bond donors (Lipinski definition) is 1. The third kappa shape index (κ3) is 3.96. The Morgan fingerprint density at radius 2 is 2.16 bits per heavy atom. The lowest BCUT2D eigenvalue weighted by Gasteiger charge is -2.23. The van der Waals surface area contributed by atoms with Gasteiger partial charge in [-0.05, 0) is 59.5 Å². The van der Waals surface area contributed by atoms with Crippen LogP contribution in [-0.4, -0.2) is 13.1 Å². The van der Waals surface area contributed by atoms with E-state index in [2.05, 4.69) is 34.8 Å². The molecular formula is C15H19ClN2S. The fourth-order valence-electron chi connectivity index (χ4n) is 2.18. The first-order valence-corrected chi connectivity index (χ1v) is 7.64. The zero-order valence-corrected chi connectivity index (χ0v) is 12.8. The highest BCUT2D eigenvalue weighted by molar-refractivity contribution is 7.07. The Labute approximate surface area is 123 Å². The Kier molecular flexibility index (Phi) is 4.86. The second-order valence-electron chi connectivity index (χ2n) is 4.94. The molecule has 0 aliphatic heterocycles. The van der Waals surface area contributed by atoms with Gasteiger partial charge in [-0.2, -0.15) is 11.3 Å². The summed E-state index contributed by atoms with van der Waals surface area (Å²) in [4.78, 5) is 2.25. The highest BCUT2D eigenvalue weighted by Gasteiger charge is 2.10. The number of benzene rings is 1. The lowest BCUT2D eigenvalue weighted by molar-refractivity contribution is 0.734. The number of halogens is 1. The van der Waals surface area contributed by atoms with Gasteiger partial charge in [0, 0.05) is 30.3 Å². The van der Waals surface area contributed by atoms with Crippen molar-refractivity contribution in [3.8, 4) is 0 Å². The van der Waals surface area contributed by atoms with Crippen molar-refractivity contribution in [1.82, 2.24) is 0 Å². The van der Waals surface area contributed by atoms with Crippen molar-refractivity contribution in [2.24, 2.45) is 5.73 Å². The van der Waals surface area contributed by atoms with Crippen LogP contribution in [0.15, 0.2) is 35.0 Å². The van der Waals surface area contributed by atoms with E-state index in [1.807, 2.05) is 19.1 Å². The molecule has 0 saturated carbocycles. The second-order valence-corrected chi connectivity index (χ2v) is 6.16. The van der Waals surface area contributed by atoms with Crippen LogP contribution in [0.1, 0.15) is 18.1 Å². The molecule has 2 nitrogen and oxygen atoms in total. The Hall–Kier alpha value is -1.03. The van der Waals surface area contributed by atoms with Gasteiger partial charge in [0.15, 0.2) is 0 Å². The van der Waals surface area contributed by atoms with E-state index in [0.29, 0.717) is 0 Å². The molecule has 4 heteroatoms. The van der Waals surface area contributed by atoms with Crippen molar-refractivity contribution in [1.29, 1.82) is 0 Å². The lowest BCUT2D eigenvalue weighted by atomic mass is 10.0. The maximum absolute atomic E-state index is 6.09. The standard InChI is InChI=1S/C15H19ClN2S/c1-11(17)7-13-8-14(16)3-4-15(13)18(2)9-12-5-6-19-10-12/h3-6,8,10-11H,7,9,17H2,1-2H3. The first-order chi connectivity index (χ1) is 9.06. The Balaban J connectivity index is 2.22. The van der Waals surface area contributed by atoms with Crippen LogP contribution in [0.2, 0.25) is 5.02 Å². The van der Waals surface area contributed by atoms with Crippen molar-refractivity contribution in [2.45, 2.75) is 25.9 Å². The molecule has 1 unspecified atom stereocenters. The summed E-state index contributed by atoms with van der Waals surface area (Å²) in [5.41, 5.74) is 9.66. The van der Waals surface area contributed by atoms with Gasteiger partial charge in [0.25, 0.3) is 0 Å². The smallest absolute Gasteiger partial charge is 0.0434 e.